The molecule has 0 spiro atoms. The Labute approximate surface area is 123 Å². The van der Waals surface area contributed by atoms with Gasteiger partial charge in [0.05, 0.1) is 11.9 Å². The number of carboxylic acid groups (broad SMARTS) is 1. The zero-order valence-electron chi connectivity index (χ0n) is 10.4. The molecule has 21 heavy (non-hydrogen) atoms. The highest BCUT2D eigenvalue weighted by molar-refractivity contribution is 7.93. The van der Waals surface area contributed by atoms with Gasteiger partial charge in [-0.1, -0.05) is 0 Å². The Balaban J connectivity index is 2.25. The van der Waals surface area contributed by atoms with Crippen LogP contribution in [0.3, 0.4) is 0 Å². The van der Waals surface area contributed by atoms with Gasteiger partial charge in [0.15, 0.2) is 0 Å². The van der Waals surface area contributed by atoms with Gasteiger partial charge in [0.1, 0.15) is 16.3 Å². The van der Waals surface area contributed by atoms with Crippen molar-refractivity contribution in [2.75, 3.05) is 4.72 Å². The molecule has 0 saturated carbocycles. The third-order valence-corrected chi connectivity index (χ3v) is 4.77. The van der Waals surface area contributed by atoms with E-state index < -0.39 is 21.9 Å². The first-order chi connectivity index (χ1) is 9.79. The van der Waals surface area contributed by atoms with Gasteiger partial charge in [0.2, 0.25) is 5.91 Å². The Morgan fingerprint density at radius 3 is 2.81 bits per heavy atom. The van der Waals surface area contributed by atoms with Crippen molar-refractivity contribution in [3.63, 3.8) is 0 Å². The van der Waals surface area contributed by atoms with Crippen LogP contribution in [0.15, 0.2) is 28.7 Å². The van der Waals surface area contributed by atoms with Gasteiger partial charge in [-0.3, -0.25) is 14.2 Å². The second-order valence-electron chi connectivity index (χ2n) is 3.92. The molecule has 2 aromatic rings. The maximum absolute atomic E-state index is 12.1. The van der Waals surface area contributed by atoms with E-state index in [0.717, 1.165) is 16.0 Å². The predicted molar refractivity (Wildman–Crippen MR) is 73.5 cm³/mol. The number of nitrogens with one attached hydrogen (secondary N) is 1. The molecule has 0 aliphatic heterocycles. The lowest BCUT2D eigenvalue weighted by molar-refractivity contribution is -0.118. The number of sulfonamides is 1. The van der Waals surface area contributed by atoms with Crippen LogP contribution in [0.1, 0.15) is 9.67 Å². The Kier molecular flexibility index (Phi) is 3.95. The zero-order chi connectivity index (χ0) is 15.6. The number of hydrogen-bond donors (Lipinski definition) is 3. The first kappa shape index (κ1) is 15.0. The number of primary amides is 1. The lowest BCUT2D eigenvalue weighted by atomic mass is 10.5. The van der Waals surface area contributed by atoms with E-state index in [2.05, 4.69) is 9.82 Å². The average Bonchev–Trinajstić information content (AvgIpc) is 2.96. The second-order valence-corrected chi connectivity index (χ2v) is 6.48. The fourth-order valence-electron chi connectivity index (χ4n) is 1.54. The SMILES string of the molecule is NC(=O)Cn1cc(NS(=O)(=O)c2ccsc2C(=O)O)cn1. The van der Waals surface area contributed by atoms with Crippen LogP contribution in [0.4, 0.5) is 5.69 Å². The molecule has 0 atom stereocenters. The van der Waals surface area contributed by atoms with Crippen molar-refractivity contribution >= 4 is 38.9 Å². The molecule has 2 aromatic heterocycles. The number of rotatable bonds is 6. The minimum atomic E-state index is -4.05. The Morgan fingerprint density at radius 2 is 2.19 bits per heavy atom. The number of aromatic carboxylic acids is 1. The Morgan fingerprint density at radius 1 is 1.48 bits per heavy atom. The van der Waals surface area contributed by atoms with Crippen LogP contribution in [0.5, 0.6) is 0 Å². The van der Waals surface area contributed by atoms with Gasteiger partial charge in [0.25, 0.3) is 10.0 Å². The average molecular weight is 330 g/mol. The topological polar surface area (TPSA) is 144 Å². The number of amides is 1. The van der Waals surface area contributed by atoms with Crippen LogP contribution in [0.2, 0.25) is 0 Å². The highest BCUT2D eigenvalue weighted by Gasteiger charge is 2.24. The summed E-state index contributed by atoms with van der Waals surface area (Å²) in [6.07, 6.45) is 2.46. The van der Waals surface area contributed by atoms with Crippen molar-refractivity contribution < 1.29 is 23.1 Å². The molecular formula is C10H10N4O5S2. The smallest absolute Gasteiger partial charge is 0.347 e. The van der Waals surface area contributed by atoms with Crippen molar-refractivity contribution in [2.45, 2.75) is 11.4 Å². The molecule has 0 fully saturated rings. The third-order valence-electron chi connectivity index (χ3n) is 2.32. The number of nitrogens with zero attached hydrogens (tertiary/aromatic N) is 2. The summed E-state index contributed by atoms with van der Waals surface area (Å²) in [6.45, 7) is -0.194. The zero-order valence-corrected chi connectivity index (χ0v) is 12.0. The number of thiophene rings is 1. The van der Waals surface area contributed by atoms with E-state index >= 15 is 0 Å². The van der Waals surface area contributed by atoms with E-state index in [0.29, 0.717) is 0 Å². The minimum absolute atomic E-state index is 0.0961. The minimum Gasteiger partial charge on any atom is -0.477 e. The van der Waals surface area contributed by atoms with Gasteiger partial charge in [-0.2, -0.15) is 5.10 Å². The van der Waals surface area contributed by atoms with Gasteiger partial charge in [-0.05, 0) is 11.4 Å². The predicted octanol–water partition coefficient (Wildman–Crippen LogP) is -0.0711. The van der Waals surface area contributed by atoms with Gasteiger partial charge in [-0.25, -0.2) is 13.2 Å². The van der Waals surface area contributed by atoms with E-state index in [1.807, 2.05) is 0 Å². The summed E-state index contributed by atoms with van der Waals surface area (Å²) < 4.78 is 27.6. The van der Waals surface area contributed by atoms with Crippen molar-refractivity contribution in [3.05, 3.63) is 28.7 Å². The normalized spacial score (nSPS) is 11.2. The molecule has 4 N–H and O–H groups in total. The van der Waals surface area contributed by atoms with Crippen LogP contribution < -0.4 is 10.5 Å². The van der Waals surface area contributed by atoms with Crippen LogP contribution >= 0.6 is 11.3 Å². The van der Waals surface area contributed by atoms with E-state index in [9.17, 15) is 18.0 Å². The summed E-state index contributed by atoms with van der Waals surface area (Å²) in [6, 6.07) is 1.20. The van der Waals surface area contributed by atoms with Gasteiger partial charge in [-0.15, -0.1) is 11.3 Å². The lowest BCUT2D eigenvalue weighted by Gasteiger charge is -2.04. The number of nitrogens with two attached hydrogens (primary N) is 1. The monoisotopic (exact) mass is 330 g/mol. The molecule has 0 aliphatic carbocycles. The quantitative estimate of drug-likeness (QED) is 0.676. The highest BCUT2D eigenvalue weighted by atomic mass is 32.2. The summed E-state index contributed by atoms with van der Waals surface area (Å²) in [4.78, 5) is 21.1. The molecule has 2 heterocycles. The molecule has 112 valence electrons. The van der Waals surface area contributed by atoms with Crippen LogP contribution in [0, 0.1) is 0 Å². The van der Waals surface area contributed by atoms with E-state index in [1.54, 1.807) is 0 Å². The maximum atomic E-state index is 12.1. The van der Waals surface area contributed by atoms with Crippen LogP contribution in [-0.4, -0.2) is 35.2 Å². The number of carboxylic acids is 1. The van der Waals surface area contributed by atoms with E-state index in [1.165, 1.54) is 23.8 Å². The van der Waals surface area contributed by atoms with E-state index in [-0.39, 0.29) is 22.0 Å². The Hall–Kier alpha value is -2.40. The van der Waals surface area contributed by atoms with Gasteiger partial charge >= 0.3 is 5.97 Å². The summed E-state index contributed by atoms with van der Waals surface area (Å²) in [5, 5.41) is 14.1. The molecule has 2 rings (SSSR count). The maximum Gasteiger partial charge on any atom is 0.347 e. The second kappa shape index (κ2) is 5.54. The molecule has 0 aromatic carbocycles. The molecule has 11 heteroatoms. The van der Waals surface area contributed by atoms with Gasteiger partial charge in [0, 0.05) is 6.20 Å². The molecule has 0 saturated heterocycles. The molecule has 1 amide bonds. The third kappa shape index (κ3) is 3.38. The number of anilines is 1. The number of carbonyl (C=O) groups is 2. The first-order valence-electron chi connectivity index (χ1n) is 5.44. The summed E-state index contributed by atoms with van der Waals surface area (Å²) >= 11 is 0.808. The fraction of sp³-hybridized carbons (Fsp3) is 0.100. The first-order valence-corrected chi connectivity index (χ1v) is 7.80. The molecule has 9 nitrogen and oxygen atoms in total. The van der Waals surface area contributed by atoms with Crippen molar-refractivity contribution in [1.29, 1.82) is 0 Å². The van der Waals surface area contributed by atoms with Crippen molar-refractivity contribution in [3.8, 4) is 0 Å². The van der Waals surface area contributed by atoms with Crippen molar-refractivity contribution in [2.24, 2.45) is 5.73 Å². The van der Waals surface area contributed by atoms with Crippen LogP contribution in [-0.2, 0) is 21.4 Å². The van der Waals surface area contributed by atoms with Crippen molar-refractivity contribution in [1.82, 2.24) is 9.78 Å². The largest absolute Gasteiger partial charge is 0.477 e. The molecule has 0 aliphatic rings. The van der Waals surface area contributed by atoms with Crippen LogP contribution in [0.25, 0.3) is 0 Å². The number of carbonyl (C=O) groups excluding carboxylic acids is 1. The molecule has 0 bridgehead atoms. The molecule has 0 unspecified atom stereocenters. The fourth-order valence-corrected chi connectivity index (χ4v) is 3.83. The standard InChI is InChI=1S/C10H10N4O5S2/c11-8(15)5-14-4-6(3-12-14)13-21(18,19)7-1-2-20-9(7)10(16)17/h1-4,13H,5H2,(H2,11,15)(H,16,17). The Bertz CT molecular complexity index is 792. The lowest BCUT2D eigenvalue weighted by Crippen LogP contribution is -2.19. The molecular weight excluding hydrogens is 320 g/mol. The highest BCUT2D eigenvalue weighted by Crippen LogP contribution is 2.24. The van der Waals surface area contributed by atoms with E-state index in [4.69, 9.17) is 10.8 Å². The number of hydrogen-bond acceptors (Lipinski definition) is 6. The summed E-state index contributed by atoms with van der Waals surface area (Å²) in [7, 11) is -4.05. The molecule has 0 radical (unpaired) electrons. The summed E-state index contributed by atoms with van der Waals surface area (Å²) in [5.74, 6) is -1.95. The summed E-state index contributed by atoms with van der Waals surface area (Å²) in [5.41, 5.74) is 5.09. The number of aromatic nitrogens is 2. The van der Waals surface area contributed by atoms with Gasteiger partial charge < -0.3 is 10.8 Å².